The Morgan fingerprint density at radius 2 is 1.75 bits per heavy atom. The number of nitrogens with one attached hydrogen (secondary N) is 1. The lowest BCUT2D eigenvalue weighted by molar-refractivity contribution is 0.263. The van der Waals surface area contributed by atoms with Gasteiger partial charge in [0, 0.05) is 24.7 Å². The lowest BCUT2D eigenvalue weighted by atomic mass is 9.80. The van der Waals surface area contributed by atoms with Gasteiger partial charge < -0.3 is 20.5 Å². The van der Waals surface area contributed by atoms with E-state index in [1.165, 1.54) is 0 Å². The average Bonchev–Trinajstić information content (AvgIpc) is 2.81. The molecule has 1 aliphatic rings. The van der Waals surface area contributed by atoms with E-state index in [4.69, 9.17) is 15.2 Å². The molecule has 1 aliphatic heterocycles. The largest absolute Gasteiger partial charge is 0.490 e. The lowest BCUT2D eigenvalue weighted by Gasteiger charge is -2.28. The second-order valence-electron chi connectivity index (χ2n) is 6.10. The molecule has 3 N–H and O–H groups in total. The Kier molecular flexibility index (Phi) is 8.66. The van der Waals surface area contributed by atoms with E-state index >= 15 is 0 Å². The Bertz CT molecular complexity index is 537. The molecule has 0 radical (unpaired) electrons. The van der Waals surface area contributed by atoms with Crippen molar-refractivity contribution in [1.29, 1.82) is 0 Å². The Morgan fingerprint density at radius 3 is 2.38 bits per heavy atom. The van der Waals surface area contributed by atoms with Crippen molar-refractivity contribution < 1.29 is 9.47 Å². The molecule has 2 rings (SSSR count). The highest BCUT2D eigenvalue weighted by Crippen LogP contribution is 2.32. The monoisotopic (exact) mass is 447 g/mol. The van der Waals surface area contributed by atoms with Gasteiger partial charge in [-0.05, 0) is 36.8 Å². The second kappa shape index (κ2) is 9.96. The molecule has 0 spiro atoms. The normalized spacial score (nSPS) is 14.5. The smallest absolute Gasteiger partial charge is 0.193 e. The maximum absolute atomic E-state index is 6.05. The highest BCUT2D eigenvalue weighted by molar-refractivity contribution is 14.0. The van der Waals surface area contributed by atoms with Crippen LogP contribution in [-0.2, 0) is 0 Å². The number of benzene rings is 1. The summed E-state index contributed by atoms with van der Waals surface area (Å²) in [5.74, 6) is 1.98. The zero-order valence-electron chi connectivity index (χ0n) is 14.9. The van der Waals surface area contributed by atoms with Crippen LogP contribution in [0.2, 0.25) is 0 Å². The number of hydrogen-bond donors (Lipinski definition) is 2. The summed E-state index contributed by atoms with van der Waals surface area (Å²) in [6, 6.07) is 5.75. The molecule has 0 saturated carbocycles. The lowest BCUT2D eigenvalue weighted by Crippen LogP contribution is -2.27. The Balaban J connectivity index is 0.00000288. The van der Waals surface area contributed by atoms with E-state index in [0.29, 0.717) is 19.2 Å². The fourth-order valence-electron chi connectivity index (χ4n) is 2.77. The third kappa shape index (κ3) is 5.43. The molecule has 136 valence electrons. The maximum Gasteiger partial charge on any atom is 0.193 e. The van der Waals surface area contributed by atoms with Gasteiger partial charge in [-0.2, -0.15) is 0 Å². The molecule has 0 fully saturated rings. The van der Waals surface area contributed by atoms with Crippen molar-refractivity contribution in [2.45, 2.75) is 46.5 Å². The number of aliphatic imine (C=N–C) groups is 1. The van der Waals surface area contributed by atoms with Gasteiger partial charge in [0.2, 0.25) is 0 Å². The van der Waals surface area contributed by atoms with E-state index in [9.17, 15) is 0 Å². The summed E-state index contributed by atoms with van der Waals surface area (Å²) in [5, 5.41) is 3.15. The van der Waals surface area contributed by atoms with Crippen LogP contribution >= 0.6 is 24.0 Å². The van der Waals surface area contributed by atoms with Crippen LogP contribution in [0.15, 0.2) is 23.2 Å². The molecule has 0 aromatic heterocycles. The number of hydrogen-bond acceptors (Lipinski definition) is 3. The Morgan fingerprint density at radius 1 is 1.12 bits per heavy atom. The highest BCUT2D eigenvalue weighted by atomic mass is 127. The molecular formula is C18H30IN3O2. The number of anilines is 1. The molecule has 1 aromatic carbocycles. The van der Waals surface area contributed by atoms with Gasteiger partial charge in [0.05, 0.1) is 13.2 Å². The molecule has 1 aromatic rings. The third-order valence-electron chi connectivity index (χ3n) is 4.85. The van der Waals surface area contributed by atoms with Gasteiger partial charge in [0.25, 0.3) is 0 Å². The molecule has 0 bridgehead atoms. The van der Waals surface area contributed by atoms with Crippen LogP contribution in [-0.4, -0.2) is 25.7 Å². The minimum absolute atomic E-state index is 0. The molecule has 1 heterocycles. The van der Waals surface area contributed by atoms with Gasteiger partial charge in [-0.25, -0.2) is 0 Å². The van der Waals surface area contributed by atoms with Gasteiger partial charge in [-0.15, -0.1) is 24.0 Å². The summed E-state index contributed by atoms with van der Waals surface area (Å²) in [4.78, 5) is 4.55. The van der Waals surface area contributed by atoms with Crippen molar-refractivity contribution in [3.8, 4) is 11.5 Å². The molecule has 0 aliphatic carbocycles. The highest BCUT2D eigenvalue weighted by Gasteiger charge is 2.23. The van der Waals surface area contributed by atoms with Crippen LogP contribution in [0.1, 0.15) is 46.5 Å². The van der Waals surface area contributed by atoms with Crippen molar-refractivity contribution in [3.05, 3.63) is 18.2 Å². The molecule has 6 heteroatoms. The van der Waals surface area contributed by atoms with Crippen molar-refractivity contribution in [3.63, 3.8) is 0 Å². The van der Waals surface area contributed by atoms with Crippen LogP contribution in [0, 0.1) is 5.41 Å². The molecule has 5 nitrogen and oxygen atoms in total. The van der Waals surface area contributed by atoms with Gasteiger partial charge in [0.1, 0.15) is 0 Å². The van der Waals surface area contributed by atoms with Gasteiger partial charge >= 0.3 is 0 Å². The SMILES string of the molecule is CCC(CC)(CC)CN=C(N)Nc1ccc2c(c1)OCCCO2.I. The first-order chi connectivity index (χ1) is 11.1. The average molecular weight is 447 g/mol. The minimum Gasteiger partial charge on any atom is -0.490 e. The zero-order valence-corrected chi connectivity index (χ0v) is 17.3. The van der Waals surface area contributed by atoms with Gasteiger partial charge in [-0.3, -0.25) is 4.99 Å². The van der Waals surface area contributed by atoms with Crippen molar-refractivity contribution in [1.82, 2.24) is 0 Å². The first-order valence-electron chi connectivity index (χ1n) is 8.59. The minimum atomic E-state index is 0. The standard InChI is InChI=1S/C18H29N3O2.HI/c1-4-18(5-2,6-3)13-20-17(19)21-14-8-9-15-16(12-14)23-11-7-10-22-15;/h8-9,12H,4-7,10-11,13H2,1-3H3,(H3,19,20,21);1H. The van der Waals surface area contributed by atoms with Crippen LogP contribution in [0.3, 0.4) is 0 Å². The number of nitrogens with zero attached hydrogens (tertiary/aromatic N) is 1. The van der Waals surface area contributed by atoms with Crippen molar-refractivity contribution in [2.75, 3.05) is 25.1 Å². The molecule has 0 amide bonds. The quantitative estimate of drug-likeness (QED) is 0.385. The Hall–Kier alpha value is -1.18. The predicted molar refractivity (Wildman–Crippen MR) is 111 cm³/mol. The fraction of sp³-hybridized carbons (Fsp3) is 0.611. The van der Waals surface area contributed by atoms with E-state index < -0.39 is 0 Å². The first-order valence-corrected chi connectivity index (χ1v) is 8.59. The third-order valence-corrected chi connectivity index (χ3v) is 4.85. The number of halogens is 1. The summed E-state index contributed by atoms with van der Waals surface area (Å²) in [5.41, 5.74) is 7.16. The zero-order chi connectivity index (χ0) is 16.7. The van der Waals surface area contributed by atoms with Crippen molar-refractivity contribution >= 4 is 35.6 Å². The first kappa shape index (κ1) is 20.9. The van der Waals surface area contributed by atoms with E-state index in [1.807, 2.05) is 18.2 Å². The van der Waals surface area contributed by atoms with E-state index in [1.54, 1.807) is 0 Å². The molecular weight excluding hydrogens is 417 g/mol. The number of rotatable bonds is 6. The van der Waals surface area contributed by atoms with E-state index in [0.717, 1.165) is 49.4 Å². The predicted octanol–water partition coefficient (Wildman–Crippen LogP) is 4.41. The molecule has 24 heavy (non-hydrogen) atoms. The fourth-order valence-corrected chi connectivity index (χ4v) is 2.77. The summed E-state index contributed by atoms with van der Waals surface area (Å²) < 4.78 is 11.3. The van der Waals surface area contributed by atoms with E-state index in [-0.39, 0.29) is 29.4 Å². The van der Waals surface area contributed by atoms with Gasteiger partial charge in [0.15, 0.2) is 17.5 Å². The van der Waals surface area contributed by atoms with Crippen LogP contribution in [0.25, 0.3) is 0 Å². The van der Waals surface area contributed by atoms with Gasteiger partial charge in [-0.1, -0.05) is 20.8 Å². The summed E-state index contributed by atoms with van der Waals surface area (Å²) in [6.07, 6.45) is 4.23. The van der Waals surface area contributed by atoms with Crippen LogP contribution in [0.4, 0.5) is 5.69 Å². The Labute approximate surface area is 162 Å². The summed E-state index contributed by atoms with van der Waals surface area (Å²) in [7, 11) is 0. The van der Waals surface area contributed by atoms with Crippen molar-refractivity contribution in [2.24, 2.45) is 16.1 Å². The number of fused-ring (bicyclic) bond motifs is 1. The van der Waals surface area contributed by atoms with E-state index in [2.05, 4.69) is 31.1 Å². The number of nitrogens with two attached hydrogens (primary N) is 1. The molecule has 0 atom stereocenters. The second-order valence-corrected chi connectivity index (χ2v) is 6.10. The van der Waals surface area contributed by atoms with Crippen LogP contribution in [0.5, 0.6) is 11.5 Å². The van der Waals surface area contributed by atoms with Crippen LogP contribution < -0.4 is 20.5 Å². The molecule has 0 saturated heterocycles. The summed E-state index contributed by atoms with van der Waals surface area (Å²) >= 11 is 0. The summed E-state index contributed by atoms with van der Waals surface area (Å²) in [6.45, 7) is 8.77. The maximum atomic E-state index is 6.05. The number of ether oxygens (including phenoxy) is 2. The topological polar surface area (TPSA) is 68.9 Å². The number of guanidine groups is 1. The molecule has 0 unspecified atom stereocenters.